The number of ether oxygens (including phenoxy) is 3. The molecule has 0 bridgehead atoms. The van der Waals surface area contributed by atoms with Crippen LogP contribution in [-0.2, 0) is 19.0 Å². The standard InChI is InChI=1S/C16H30O4/c1-12(18-5)11-19-14-9-7-6-8-13(14)10-15(17)20-16(2,3)4/h12-14H,6-11H2,1-5H3. The first kappa shape index (κ1) is 17.4. The summed E-state index contributed by atoms with van der Waals surface area (Å²) in [6, 6.07) is 0. The number of carbonyl (C=O) groups is 1. The van der Waals surface area contributed by atoms with Gasteiger partial charge in [-0.25, -0.2) is 0 Å². The Morgan fingerprint density at radius 1 is 1.25 bits per heavy atom. The van der Waals surface area contributed by atoms with E-state index in [4.69, 9.17) is 14.2 Å². The smallest absolute Gasteiger partial charge is 0.306 e. The maximum absolute atomic E-state index is 12.0. The topological polar surface area (TPSA) is 44.8 Å². The Morgan fingerprint density at radius 2 is 1.90 bits per heavy atom. The Morgan fingerprint density at radius 3 is 2.50 bits per heavy atom. The molecule has 0 spiro atoms. The van der Waals surface area contributed by atoms with E-state index in [9.17, 15) is 4.79 Å². The van der Waals surface area contributed by atoms with Crippen molar-refractivity contribution in [3.05, 3.63) is 0 Å². The lowest BCUT2D eigenvalue weighted by atomic mass is 9.84. The van der Waals surface area contributed by atoms with Crippen molar-refractivity contribution in [2.24, 2.45) is 5.92 Å². The van der Waals surface area contributed by atoms with Gasteiger partial charge in [0.05, 0.1) is 25.2 Å². The van der Waals surface area contributed by atoms with Crippen LogP contribution in [0, 0.1) is 5.92 Å². The minimum atomic E-state index is -0.410. The molecule has 0 radical (unpaired) electrons. The molecule has 1 aliphatic rings. The van der Waals surface area contributed by atoms with Gasteiger partial charge in [0.2, 0.25) is 0 Å². The molecule has 0 aromatic heterocycles. The lowest BCUT2D eigenvalue weighted by molar-refractivity contribution is -0.158. The van der Waals surface area contributed by atoms with Crippen molar-refractivity contribution in [3.8, 4) is 0 Å². The van der Waals surface area contributed by atoms with Crippen LogP contribution in [-0.4, -0.2) is 37.5 Å². The van der Waals surface area contributed by atoms with Crippen molar-refractivity contribution in [2.45, 2.75) is 77.6 Å². The SMILES string of the molecule is COC(C)COC1CCCCC1CC(=O)OC(C)(C)C. The van der Waals surface area contributed by atoms with E-state index in [0.29, 0.717) is 13.0 Å². The van der Waals surface area contributed by atoms with Gasteiger partial charge >= 0.3 is 5.97 Å². The molecule has 0 aromatic carbocycles. The van der Waals surface area contributed by atoms with Crippen LogP contribution in [0.2, 0.25) is 0 Å². The summed E-state index contributed by atoms with van der Waals surface area (Å²) in [5.41, 5.74) is -0.410. The van der Waals surface area contributed by atoms with Gasteiger partial charge in [0.1, 0.15) is 5.60 Å². The van der Waals surface area contributed by atoms with Crippen molar-refractivity contribution in [1.29, 1.82) is 0 Å². The van der Waals surface area contributed by atoms with Crippen LogP contribution in [0.5, 0.6) is 0 Å². The molecule has 1 fully saturated rings. The van der Waals surface area contributed by atoms with Crippen molar-refractivity contribution >= 4 is 5.97 Å². The lowest BCUT2D eigenvalue weighted by Crippen LogP contribution is -2.34. The summed E-state index contributed by atoms with van der Waals surface area (Å²) in [7, 11) is 1.69. The third kappa shape index (κ3) is 6.71. The average Bonchev–Trinajstić information content (AvgIpc) is 2.35. The van der Waals surface area contributed by atoms with E-state index in [-0.39, 0.29) is 24.1 Å². The first-order valence-electron chi connectivity index (χ1n) is 7.68. The second kappa shape index (κ2) is 7.99. The van der Waals surface area contributed by atoms with Gasteiger partial charge in [0, 0.05) is 7.11 Å². The summed E-state index contributed by atoms with van der Waals surface area (Å²) in [6.07, 6.45) is 5.15. The summed E-state index contributed by atoms with van der Waals surface area (Å²) in [6.45, 7) is 8.29. The monoisotopic (exact) mass is 286 g/mol. The predicted molar refractivity (Wildman–Crippen MR) is 78.6 cm³/mol. The zero-order valence-corrected chi connectivity index (χ0v) is 13.6. The number of hydrogen-bond donors (Lipinski definition) is 0. The number of esters is 1. The molecule has 1 saturated carbocycles. The lowest BCUT2D eigenvalue weighted by Gasteiger charge is -2.32. The summed E-state index contributed by atoms with van der Waals surface area (Å²) in [5, 5.41) is 0. The van der Waals surface area contributed by atoms with Crippen LogP contribution < -0.4 is 0 Å². The molecule has 0 aromatic rings. The molecular formula is C16H30O4. The van der Waals surface area contributed by atoms with Crippen molar-refractivity contribution in [3.63, 3.8) is 0 Å². The molecule has 118 valence electrons. The van der Waals surface area contributed by atoms with Gasteiger partial charge in [0.15, 0.2) is 0 Å². The highest BCUT2D eigenvalue weighted by Crippen LogP contribution is 2.30. The quantitative estimate of drug-likeness (QED) is 0.703. The Bertz CT molecular complexity index is 295. The van der Waals surface area contributed by atoms with Crippen LogP contribution in [0.4, 0.5) is 0 Å². The number of carbonyl (C=O) groups excluding carboxylic acids is 1. The number of rotatable bonds is 6. The van der Waals surface area contributed by atoms with E-state index >= 15 is 0 Å². The zero-order valence-electron chi connectivity index (χ0n) is 13.6. The molecule has 0 heterocycles. The van der Waals surface area contributed by atoms with Crippen LogP contribution in [0.25, 0.3) is 0 Å². The molecule has 0 N–H and O–H groups in total. The highest BCUT2D eigenvalue weighted by atomic mass is 16.6. The van der Waals surface area contributed by atoms with Crippen LogP contribution in [0.15, 0.2) is 0 Å². The number of hydrogen-bond acceptors (Lipinski definition) is 4. The highest BCUT2D eigenvalue weighted by molar-refractivity contribution is 5.70. The molecule has 3 unspecified atom stereocenters. The minimum absolute atomic E-state index is 0.0964. The highest BCUT2D eigenvalue weighted by Gasteiger charge is 2.30. The maximum atomic E-state index is 12.0. The molecule has 20 heavy (non-hydrogen) atoms. The molecule has 0 saturated heterocycles. The van der Waals surface area contributed by atoms with E-state index in [1.54, 1.807) is 7.11 Å². The van der Waals surface area contributed by atoms with Crippen molar-refractivity contribution in [2.75, 3.05) is 13.7 Å². The maximum Gasteiger partial charge on any atom is 0.306 e. The van der Waals surface area contributed by atoms with Gasteiger partial charge in [-0.3, -0.25) is 4.79 Å². The Balaban J connectivity index is 2.45. The van der Waals surface area contributed by atoms with E-state index in [0.717, 1.165) is 12.8 Å². The van der Waals surface area contributed by atoms with Crippen LogP contribution >= 0.6 is 0 Å². The fraction of sp³-hybridized carbons (Fsp3) is 0.938. The summed E-state index contributed by atoms with van der Waals surface area (Å²) in [5.74, 6) is 0.167. The average molecular weight is 286 g/mol. The fourth-order valence-electron chi connectivity index (χ4n) is 2.55. The third-order valence-corrected chi connectivity index (χ3v) is 3.64. The molecule has 1 aliphatic carbocycles. The van der Waals surface area contributed by atoms with Gasteiger partial charge in [-0.1, -0.05) is 12.8 Å². The molecule has 0 aliphatic heterocycles. The minimum Gasteiger partial charge on any atom is -0.460 e. The molecular weight excluding hydrogens is 256 g/mol. The van der Waals surface area contributed by atoms with Crippen molar-refractivity contribution in [1.82, 2.24) is 0 Å². The zero-order chi connectivity index (χ0) is 15.2. The molecule has 0 amide bonds. The van der Waals surface area contributed by atoms with E-state index in [1.165, 1.54) is 12.8 Å². The van der Waals surface area contributed by atoms with Gasteiger partial charge < -0.3 is 14.2 Å². The first-order chi connectivity index (χ1) is 9.31. The van der Waals surface area contributed by atoms with Crippen LogP contribution in [0.1, 0.15) is 59.8 Å². The van der Waals surface area contributed by atoms with Gasteiger partial charge in [0.25, 0.3) is 0 Å². The second-order valence-corrected chi connectivity index (χ2v) is 6.75. The number of methoxy groups -OCH3 is 1. The molecule has 3 atom stereocenters. The van der Waals surface area contributed by atoms with E-state index < -0.39 is 5.60 Å². The van der Waals surface area contributed by atoms with Crippen molar-refractivity contribution < 1.29 is 19.0 Å². The largest absolute Gasteiger partial charge is 0.460 e. The summed E-state index contributed by atoms with van der Waals surface area (Å²) < 4.78 is 16.6. The van der Waals surface area contributed by atoms with Gasteiger partial charge in [-0.2, -0.15) is 0 Å². The van der Waals surface area contributed by atoms with Gasteiger partial charge in [-0.05, 0) is 46.5 Å². The van der Waals surface area contributed by atoms with Gasteiger partial charge in [-0.15, -0.1) is 0 Å². The van der Waals surface area contributed by atoms with E-state index in [2.05, 4.69) is 0 Å². The third-order valence-electron chi connectivity index (χ3n) is 3.64. The Labute approximate surface area is 123 Å². The molecule has 4 nitrogen and oxygen atoms in total. The predicted octanol–water partition coefficient (Wildman–Crippen LogP) is 3.33. The fourth-order valence-corrected chi connectivity index (χ4v) is 2.55. The normalized spacial score (nSPS) is 25.2. The first-order valence-corrected chi connectivity index (χ1v) is 7.68. The second-order valence-electron chi connectivity index (χ2n) is 6.75. The summed E-state index contributed by atoms with van der Waals surface area (Å²) >= 11 is 0. The Kier molecular flexibility index (Phi) is 6.96. The molecule has 1 rings (SSSR count). The van der Waals surface area contributed by atoms with Crippen LogP contribution in [0.3, 0.4) is 0 Å². The van der Waals surface area contributed by atoms with E-state index in [1.807, 2.05) is 27.7 Å². The Hall–Kier alpha value is -0.610. The summed E-state index contributed by atoms with van der Waals surface area (Å²) in [4.78, 5) is 12.0. The molecule has 4 heteroatoms.